The van der Waals surface area contributed by atoms with E-state index in [0.717, 1.165) is 31.5 Å². The molecule has 4 rings (SSSR count). The number of hydrogen-bond acceptors (Lipinski definition) is 4. The number of pyridine rings is 1. The van der Waals surface area contributed by atoms with E-state index in [1.54, 1.807) is 29.4 Å². The zero-order valence-corrected chi connectivity index (χ0v) is 14.1. The topological polar surface area (TPSA) is 68.8 Å². The van der Waals surface area contributed by atoms with Crippen molar-refractivity contribution in [2.75, 3.05) is 6.54 Å². The lowest BCUT2D eigenvalue weighted by Crippen LogP contribution is -2.38. The summed E-state index contributed by atoms with van der Waals surface area (Å²) in [6, 6.07) is 3.77. The Morgan fingerprint density at radius 3 is 3.04 bits per heavy atom. The van der Waals surface area contributed by atoms with Crippen molar-refractivity contribution in [1.82, 2.24) is 29.2 Å². The van der Waals surface area contributed by atoms with Crippen LogP contribution in [0.1, 0.15) is 28.8 Å². The largest absolute Gasteiger partial charge is 0.334 e. The van der Waals surface area contributed by atoms with E-state index in [-0.39, 0.29) is 11.9 Å². The molecule has 1 atom stereocenters. The highest BCUT2D eigenvalue weighted by molar-refractivity contribution is 5.94. The second-order valence-corrected chi connectivity index (χ2v) is 6.41. The van der Waals surface area contributed by atoms with Crippen molar-refractivity contribution in [3.05, 3.63) is 60.6 Å². The summed E-state index contributed by atoms with van der Waals surface area (Å²) in [7, 11) is 0. The summed E-state index contributed by atoms with van der Waals surface area (Å²) >= 11 is 0. The lowest BCUT2D eigenvalue weighted by atomic mass is 10.2. The van der Waals surface area contributed by atoms with Crippen molar-refractivity contribution in [3.63, 3.8) is 0 Å². The molecule has 25 heavy (non-hydrogen) atoms. The predicted octanol–water partition coefficient (Wildman–Crippen LogP) is 2.08. The molecule has 128 valence electrons. The summed E-state index contributed by atoms with van der Waals surface area (Å²) in [6.45, 7) is 3.54. The van der Waals surface area contributed by atoms with E-state index in [9.17, 15) is 4.79 Å². The molecule has 1 saturated heterocycles. The summed E-state index contributed by atoms with van der Waals surface area (Å²) in [4.78, 5) is 23.3. The molecule has 3 aromatic heterocycles. The molecule has 0 N–H and O–H groups in total. The number of carbonyl (C=O) groups is 1. The first-order valence-corrected chi connectivity index (χ1v) is 8.45. The van der Waals surface area contributed by atoms with Gasteiger partial charge in [-0.1, -0.05) is 0 Å². The zero-order valence-electron chi connectivity index (χ0n) is 14.1. The van der Waals surface area contributed by atoms with Crippen LogP contribution in [0.25, 0.3) is 5.82 Å². The third-order valence-corrected chi connectivity index (χ3v) is 4.56. The van der Waals surface area contributed by atoms with Gasteiger partial charge in [0.1, 0.15) is 12.1 Å². The van der Waals surface area contributed by atoms with Gasteiger partial charge in [0.25, 0.3) is 5.91 Å². The summed E-state index contributed by atoms with van der Waals surface area (Å²) in [5.41, 5.74) is 1.79. The number of imidazole rings is 1. The molecule has 0 bridgehead atoms. The molecule has 0 aliphatic carbocycles. The zero-order chi connectivity index (χ0) is 17.2. The first-order chi connectivity index (χ1) is 12.2. The number of rotatable bonds is 4. The summed E-state index contributed by atoms with van der Waals surface area (Å²) in [5, 5.41) is 4.35. The fourth-order valence-electron chi connectivity index (χ4n) is 3.33. The Labute approximate surface area is 145 Å². The van der Waals surface area contributed by atoms with Gasteiger partial charge in [-0.25, -0.2) is 9.97 Å². The van der Waals surface area contributed by atoms with E-state index >= 15 is 0 Å². The molecule has 1 amide bonds. The van der Waals surface area contributed by atoms with Crippen molar-refractivity contribution in [1.29, 1.82) is 0 Å². The van der Waals surface area contributed by atoms with Crippen LogP contribution in [0.4, 0.5) is 0 Å². The van der Waals surface area contributed by atoms with Crippen LogP contribution in [-0.4, -0.2) is 47.7 Å². The quantitative estimate of drug-likeness (QED) is 0.731. The van der Waals surface area contributed by atoms with Gasteiger partial charge >= 0.3 is 0 Å². The second kappa shape index (κ2) is 6.51. The minimum Gasteiger partial charge on any atom is -0.334 e. The molecule has 3 aromatic rings. The smallest absolute Gasteiger partial charge is 0.254 e. The number of likely N-dealkylation sites (tertiary alicyclic amines) is 1. The highest BCUT2D eigenvalue weighted by Gasteiger charge is 2.30. The van der Waals surface area contributed by atoms with E-state index < -0.39 is 0 Å². The number of amides is 1. The van der Waals surface area contributed by atoms with E-state index in [1.165, 1.54) is 0 Å². The summed E-state index contributed by atoms with van der Waals surface area (Å²) in [6.07, 6.45) is 12.8. The first-order valence-electron chi connectivity index (χ1n) is 8.45. The number of aryl methyl sites for hydroxylation is 1. The van der Waals surface area contributed by atoms with E-state index in [1.807, 2.05) is 41.2 Å². The number of carbonyl (C=O) groups excluding carboxylic acids is 1. The van der Waals surface area contributed by atoms with E-state index in [4.69, 9.17) is 0 Å². The van der Waals surface area contributed by atoms with Gasteiger partial charge in [-0.2, -0.15) is 5.10 Å². The Kier molecular flexibility index (Phi) is 4.05. The van der Waals surface area contributed by atoms with Crippen molar-refractivity contribution in [2.45, 2.75) is 32.4 Å². The molecule has 1 aliphatic rings. The fourth-order valence-corrected chi connectivity index (χ4v) is 3.33. The molecule has 1 fully saturated rings. The van der Waals surface area contributed by atoms with Crippen molar-refractivity contribution >= 4 is 5.91 Å². The molecule has 7 nitrogen and oxygen atoms in total. The number of aromatic nitrogens is 5. The van der Waals surface area contributed by atoms with Gasteiger partial charge in [0.2, 0.25) is 0 Å². The average Bonchev–Trinajstić information content (AvgIpc) is 3.37. The highest BCUT2D eigenvalue weighted by Crippen LogP contribution is 2.22. The Hall–Kier alpha value is -2.96. The Morgan fingerprint density at radius 2 is 2.28 bits per heavy atom. The first kappa shape index (κ1) is 15.6. The van der Waals surface area contributed by atoms with Gasteiger partial charge in [0.05, 0.1) is 18.8 Å². The maximum atomic E-state index is 13.0. The lowest BCUT2D eigenvalue weighted by Gasteiger charge is -2.25. The third-order valence-electron chi connectivity index (χ3n) is 4.56. The summed E-state index contributed by atoms with van der Waals surface area (Å²) in [5.74, 6) is 0.747. The average molecular weight is 336 g/mol. The van der Waals surface area contributed by atoms with Crippen LogP contribution in [0.15, 0.2) is 49.4 Å². The molecule has 1 aliphatic heterocycles. The van der Waals surface area contributed by atoms with Crippen LogP contribution in [0, 0.1) is 6.92 Å². The van der Waals surface area contributed by atoms with Crippen molar-refractivity contribution < 1.29 is 4.79 Å². The van der Waals surface area contributed by atoms with Crippen LogP contribution >= 0.6 is 0 Å². The fraction of sp³-hybridized carbons (Fsp3) is 0.333. The van der Waals surface area contributed by atoms with Crippen molar-refractivity contribution in [2.24, 2.45) is 0 Å². The van der Waals surface area contributed by atoms with Gasteiger partial charge in [-0.3, -0.25) is 14.0 Å². The number of nitrogens with zero attached hydrogens (tertiary/aromatic N) is 6. The van der Waals surface area contributed by atoms with Gasteiger partial charge < -0.3 is 4.90 Å². The standard InChI is InChI=1S/C18H20N6O/c1-14-10-21-23(11-14)12-16-3-2-7-24(16)18(25)15-4-5-20-17(9-15)22-8-6-19-13-22/h4-6,8-11,13,16H,2-3,7,12H2,1H3/t16-/m1/s1. The van der Waals surface area contributed by atoms with Gasteiger partial charge in [0, 0.05) is 36.9 Å². The molecule has 0 aromatic carbocycles. The molecule has 7 heteroatoms. The molecular weight excluding hydrogens is 316 g/mol. The number of hydrogen-bond donors (Lipinski definition) is 0. The van der Waals surface area contributed by atoms with Crippen LogP contribution in [0.3, 0.4) is 0 Å². The summed E-state index contributed by atoms with van der Waals surface area (Å²) < 4.78 is 3.72. The molecule has 0 radical (unpaired) electrons. The van der Waals surface area contributed by atoms with Gasteiger partial charge in [0.15, 0.2) is 0 Å². The SMILES string of the molecule is Cc1cnn(C[C@H]2CCCN2C(=O)c2ccnc(-n3ccnc3)c2)c1. The molecule has 4 heterocycles. The van der Waals surface area contributed by atoms with Crippen LogP contribution in [-0.2, 0) is 6.54 Å². The van der Waals surface area contributed by atoms with Gasteiger partial charge in [-0.05, 0) is 37.5 Å². The third kappa shape index (κ3) is 3.17. The molecule has 0 saturated carbocycles. The minimum atomic E-state index is 0.0511. The van der Waals surface area contributed by atoms with Crippen LogP contribution in [0.5, 0.6) is 0 Å². The highest BCUT2D eigenvalue weighted by atomic mass is 16.2. The Bertz CT molecular complexity index is 869. The minimum absolute atomic E-state index is 0.0511. The molecular formula is C18H20N6O. The Balaban J connectivity index is 1.54. The van der Waals surface area contributed by atoms with Crippen LogP contribution in [0.2, 0.25) is 0 Å². The van der Waals surface area contributed by atoms with Crippen molar-refractivity contribution in [3.8, 4) is 5.82 Å². The predicted molar refractivity (Wildman–Crippen MR) is 92.4 cm³/mol. The Morgan fingerprint density at radius 1 is 1.36 bits per heavy atom. The monoisotopic (exact) mass is 336 g/mol. The van der Waals surface area contributed by atoms with Gasteiger partial charge in [-0.15, -0.1) is 0 Å². The maximum absolute atomic E-state index is 13.0. The maximum Gasteiger partial charge on any atom is 0.254 e. The lowest BCUT2D eigenvalue weighted by molar-refractivity contribution is 0.0721. The van der Waals surface area contributed by atoms with Crippen LogP contribution < -0.4 is 0 Å². The van der Waals surface area contributed by atoms with E-state index in [2.05, 4.69) is 15.1 Å². The molecule has 0 spiro atoms. The normalized spacial score (nSPS) is 17.2. The molecule has 0 unspecified atom stereocenters. The van der Waals surface area contributed by atoms with E-state index in [0.29, 0.717) is 11.4 Å². The second-order valence-electron chi connectivity index (χ2n) is 6.41.